The van der Waals surface area contributed by atoms with Gasteiger partial charge in [-0.2, -0.15) is 0 Å². The van der Waals surface area contributed by atoms with Crippen molar-refractivity contribution in [2.45, 2.75) is 19.7 Å². The molecule has 0 bridgehead atoms. The van der Waals surface area contributed by atoms with Crippen molar-refractivity contribution in [2.75, 3.05) is 0 Å². The third kappa shape index (κ3) is 1.92. The molecule has 4 aromatic rings. The second kappa shape index (κ2) is 4.99. The van der Waals surface area contributed by atoms with Crippen LogP contribution in [0.1, 0.15) is 37.6 Å². The van der Waals surface area contributed by atoms with Crippen molar-refractivity contribution in [1.82, 2.24) is 4.98 Å². The third-order valence-corrected chi connectivity index (χ3v) is 3.47. The van der Waals surface area contributed by atoms with E-state index in [-0.39, 0.29) is 62.9 Å². The minimum Gasteiger partial charge on any atom is -0.455 e. The van der Waals surface area contributed by atoms with E-state index in [0.717, 1.165) is 0 Å². The minimum atomic E-state index is -1.33. The average molecular weight is 296 g/mol. The van der Waals surface area contributed by atoms with Crippen LogP contribution in [0.5, 0.6) is 0 Å². The lowest BCUT2D eigenvalue weighted by Crippen LogP contribution is -1.87. The number of hydrogen-bond donors (Lipinski definition) is 0. The van der Waals surface area contributed by atoms with E-state index in [1.54, 1.807) is 13.8 Å². The van der Waals surface area contributed by atoms with Crippen LogP contribution in [0.25, 0.3) is 33.2 Å². The van der Waals surface area contributed by atoms with Crippen molar-refractivity contribution in [3.63, 3.8) is 0 Å². The average Bonchev–Trinajstić information content (AvgIpc) is 3.08. The first-order chi connectivity index (χ1) is 14.4. The highest BCUT2D eigenvalue weighted by Crippen LogP contribution is 2.38. The first kappa shape index (κ1) is 6.66. The van der Waals surface area contributed by atoms with Crippen LogP contribution in [0.3, 0.4) is 0 Å². The van der Waals surface area contributed by atoms with Gasteiger partial charge in [0.15, 0.2) is 0 Å². The van der Waals surface area contributed by atoms with Crippen molar-refractivity contribution in [1.29, 1.82) is 0 Å². The monoisotopic (exact) mass is 296 g/mol. The molecule has 0 saturated heterocycles. The van der Waals surface area contributed by atoms with Crippen LogP contribution in [-0.4, -0.2) is 4.98 Å². The number of nitrogens with zero attached hydrogens (tertiary/aromatic N) is 1. The Labute approximate surface area is 142 Å². The second-order valence-corrected chi connectivity index (χ2v) is 5.10. The minimum absolute atomic E-state index is 0.000340. The van der Waals surface area contributed by atoms with Crippen molar-refractivity contribution in [3.8, 4) is 11.3 Å². The lowest BCUT2D eigenvalue weighted by Gasteiger charge is -2.06. The molecule has 0 N–H and O–H groups in total. The van der Waals surface area contributed by atoms with Crippen molar-refractivity contribution in [2.24, 2.45) is 0 Å². The Morgan fingerprint density at radius 2 is 2.05 bits per heavy atom. The van der Waals surface area contributed by atoms with Gasteiger partial charge >= 0.3 is 0 Å². The van der Waals surface area contributed by atoms with Crippen molar-refractivity contribution >= 4 is 21.9 Å². The molecular formula is C20H17NO. The molecule has 2 aromatic carbocycles. The zero-order valence-electron chi connectivity index (χ0n) is 21.0. The van der Waals surface area contributed by atoms with Gasteiger partial charge in [-0.05, 0) is 35.7 Å². The number of fused-ring (bicyclic) bond motifs is 3. The second-order valence-electron chi connectivity index (χ2n) is 5.10. The zero-order valence-corrected chi connectivity index (χ0v) is 12.0. The van der Waals surface area contributed by atoms with Gasteiger partial charge in [0.2, 0.25) is 0 Å². The lowest BCUT2D eigenvalue weighted by atomic mass is 9.96. The van der Waals surface area contributed by atoms with E-state index in [4.69, 9.17) is 16.8 Å². The van der Waals surface area contributed by atoms with Crippen LogP contribution < -0.4 is 0 Å². The van der Waals surface area contributed by atoms with Crippen LogP contribution in [0.15, 0.2) is 65.0 Å². The molecule has 22 heavy (non-hydrogen) atoms. The standard InChI is InChI=1S/C20H17NO/c1-13(2)14-7-6-11-18-19(14)16-9-5-8-15(20(16)22-18)17-10-3-4-12-21-17/h3-13H,1-2H3/i3D,4D,6D,7D,9D,10D,11D,12D,13D. The summed E-state index contributed by atoms with van der Waals surface area (Å²) in [4.78, 5) is 3.97. The smallest absolute Gasteiger partial charge is 0.144 e. The fourth-order valence-electron chi connectivity index (χ4n) is 2.50. The van der Waals surface area contributed by atoms with E-state index in [9.17, 15) is 0 Å². The zero-order chi connectivity index (χ0) is 23.0. The molecule has 0 aliphatic heterocycles. The molecule has 0 aliphatic carbocycles. The maximum atomic E-state index is 8.50. The Kier molecular flexibility index (Phi) is 1.51. The molecular weight excluding hydrogens is 270 g/mol. The molecule has 108 valence electrons. The lowest BCUT2D eigenvalue weighted by molar-refractivity contribution is 0.669. The first-order valence-corrected chi connectivity index (χ1v) is 6.77. The molecule has 0 radical (unpaired) electrons. The van der Waals surface area contributed by atoms with Crippen LogP contribution in [-0.2, 0) is 0 Å². The summed E-state index contributed by atoms with van der Waals surface area (Å²) in [5.41, 5.74) is 0.277. The summed E-state index contributed by atoms with van der Waals surface area (Å²) in [6, 6.07) is 0.514. The number of pyridine rings is 1. The molecule has 0 aliphatic rings. The Hall–Kier alpha value is -2.61. The summed E-state index contributed by atoms with van der Waals surface area (Å²) in [5, 5.41) is 0.424. The molecule has 0 atom stereocenters. The van der Waals surface area contributed by atoms with Gasteiger partial charge in [0.1, 0.15) is 11.2 Å². The van der Waals surface area contributed by atoms with Crippen LogP contribution in [0.2, 0.25) is 0 Å². The fraction of sp³-hybridized carbons (Fsp3) is 0.150. The number of para-hydroxylation sites is 1. The highest BCUT2D eigenvalue weighted by atomic mass is 16.3. The molecule has 0 spiro atoms. The molecule has 0 saturated carbocycles. The fourth-order valence-corrected chi connectivity index (χ4v) is 2.50. The van der Waals surface area contributed by atoms with Gasteiger partial charge in [0.25, 0.3) is 0 Å². The predicted molar refractivity (Wildman–Crippen MR) is 91.0 cm³/mol. The molecule has 0 fully saturated rings. The Bertz CT molecular complexity index is 1400. The van der Waals surface area contributed by atoms with E-state index in [1.165, 1.54) is 12.1 Å². The summed E-state index contributed by atoms with van der Waals surface area (Å²) in [6.45, 7) is 3.09. The normalized spacial score (nSPS) is 17.8. The van der Waals surface area contributed by atoms with E-state index in [0.29, 0.717) is 0 Å². The maximum absolute atomic E-state index is 8.50. The van der Waals surface area contributed by atoms with Gasteiger partial charge in [0, 0.05) is 23.9 Å². The summed E-state index contributed by atoms with van der Waals surface area (Å²) in [5.74, 6) is -1.33. The summed E-state index contributed by atoms with van der Waals surface area (Å²) >= 11 is 0. The number of rotatable bonds is 2. The Morgan fingerprint density at radius 1 is 1.14 bits per heavy atom. The highest BCUT2D eigenvalue weighted by Gasteiger charge is 2.16. The molecule has 2 nitrogen and oxygen atoms in total. The summed E-state index contributed by atoms with van der Waals surface area (Å²) in [6.07, 6.45) is -0.480. The van der Waals surface area contributed by atoms with Gasteiger partial charge in [-0.3, -0.25) is 4.98 Å². The van der Waals surface area contributed by atoms with Gasteiger partial charge < -0.3 is 4.42 Å². The van der Waals surface area contributed by atoms with Gasteiger partial charge in [-0.15, -0.1) is 0 Å². The van der Waals surface area contributed by atoms with E-state index in [2.05, 4.69) is 4.98 Å². The van der Waals surface area contributed by atoms with Crippen molar-refractivity contribution < 1.29 is 16.8 Å². The van der Waals surface area contributed by atoms with Crippen LogP contribution >= 0.6 is 0 Å². The van der Waals surface area contributed by atoms with Crippen molar-refractivity contribution in [3.05, 3.63) is 66.2 Å². The summed E-state index contributed by atoms with van der Waals surface area (Å²) in [7, 11) is 0. The molecule has 4 rings (SSSR count). The SMILES string of the molecule is [2H]c1nc(-c2ccc([2H])c3c2oc2c([2H])c([2H])c([2H])c(C([2H])(C)C)c23)c([2H])c([2H])c1[2H]. The van der Waals surface area contributed by atoms with Gasteiger partial charge in [-0.25, -0.2) is 0 Å². The number of furan rings is 1. The van der Waals surface area contributed by atoms with E-state index in [1.807, 2.05) is 0 Å². The third-order valence-electron chi connectivity index (χ3n) is 3.47. The number of benzene rings is 2. The van der Waals surface area contributed by atoms with Gasteiger partial charge in [-0.1, -0.05) is 44.1 Å². The topological polar surface area (TPSA) is 26.0 Å². The molecule has 2 heterocycles. The maximum Gasteiger partial charge on any atom is 0.144 e. The van der Waals surface area contributed by atoms with Gasteiger partial charge in [0.05, 0.1) is 16.7 Å². The summed E-state index contributed by atoms with van der Waals surface area (Å²) < 4.78 is 79.3. The van der Waals surface area contributed by atoms with E-state index < -0.39 is 30.2 Å². The molecule has 0 amide bonds. The predicted octanol–water partition coefficient (Wildman–Crippen LogP) is 5.77. The highest BCUT2D eigenvalue weighted by molar-refractivity contribution is 6.10. The quantitative estimate of drug-likeness (QED) is 0.469. The molecule has 0 unspecified atom stereocenters. The Morgan fingerprint density at radius 3 is 2.91 bits per heavy atom. The molecule has 2 aromatic heterocycles. The van der Waals surface area contributed by atoms with Crippen LogP contribution in [0.4, 0.5) is 0 Å². The Balaban J connectivity index is 2.26. The number of hydrogen-bond acceptors (Lipinski definition) is 2. The first-order valence-electron chi connectivity index (χ1n) is 11.3. The van der Waals surface area contributed by atoms with Crippen LogP contribution in [0, 0.1) is 0 Å². The molecule has 2 heteroatoms. The van der Waals surface area contributed by atoms with E-state index >= 15 is 0 Å². The number of aromatic nitrogens is 1. The largest absolute Gasteiger partial charge is 0.455 e.